The lowest BCUT2D eigenvalue weighted by Gasteiger charge is -2.11. The maximum atomic E-state index is 4.03. The van der Waals surface area contributed by atoms with Gasteiger partial charge in [-0.1, -0.05) is 52.4 Å². The molecule has 0 fully saturated rings. The zero-order chi connectivity index (χ0) is 17.6. The van der Waals surface area contributed by atoms with Gasteiger partial charge in [0, 0.05) is 36.9 Å². The molecule has 0 saturated heterocycles. The lowest BCUT2D eigenvalue weighted by molar-refractivity contribution is 0.477. The quantitative estimate of drug-likeness (QED) is 0.551. The van der Waals surface area contributed by atoms with Crippen LogP contribution in [0.25, 0.3) is 0 Å². The fraction of sp³-hybridized carbons (Fsp3) is 0.700. The normalized spacial score (nSPS) is 12.6. The molecule has 0 saturated carbocycles. The van der Waals surface area contributed by atoms with Gasteiger partial charge in [-0.2, -0.15) is 0 Å². The van der Waals surface area contributed by atoms with Gasteiger partial charge in [0.1, 0.15) is 0 Å². The average Bonchev–Trinajstić information content (AvgIpc) is 3.29. The summed E-state index contributed by atoms with van der Waals surface area (Å²) in [5.74, 6) is 0. The predicted molar refractivity (Wildman–Crippen MR) is 106 cm³/mol. The molecule has 0 amide bonds. The van der Waals surface area contributed by atoms with Crippen LogP contribution < -0.4 is 0 Å². The van der Waals surface area contributed by atoms with Crippen molar-refractivity contribution in [3.8, 4) is 0 Å². The molecule has 5 nitrogen and oxygen atoms in total. The molecule has 5 heteroatoms. The molecule has 0 radical (unpaired) electrons. The highest BCUT2D eigenvalue weighted by Crippen LogP contribution is 2.14. The van der Waals surface area contributed by atoms with Crippen molar-refractivity contribution in [3.63, 3.8) is 0 Å². The van der Waals surface area contributed by atoms with Gasteiger partial charge >= 0.3 is 0 Å². The molecule has 2 aromatic heterocycles. The van der Waals surface area contributed by atoms with Crippen LogP contribution in [0, 0.1) is 0 Å². The average molecular weight is 351 g/mol. The van der Waals surface area contributed by atoms with Crippen molar-refractivity contribution in [2.45, 2.75) is 91.1 Å². The predicted octanol–water partition coefficient (Wildman–Crippen LogP) is 5.22. The number of rotatable bonds is 10. The van der Waals surface area contributed by atoms with Gasteiger partial charge in [0.2, 0.25) is 0 Å². The highest BCUT2D eigenvalue weighted by molar-refractivity contribution is 4.79. The molecule has 0 aliphatic carbocycles. The van der Waals surface area contributed by atoms with Crippen LogP contribution in [0.15, 0.2) is 37.4 Å². The molecule has 0 bridgehead atoms. The van der Waals surface area contributed by atoms with Crippen LogP contribution in [0.2, 0.25) is 0 Å². The minimum atomic E-state index is 0. The molecular formula is C20H38N4O. The maximum Gasteiger partial charge on any atom is 0.0948 e. The van der Waals surface area contributed by atoms with Gasteiger partial charge in [-0.25, -0.2) is 9.97 Å². The Bertz CT molecular complexity index is 436. The highest BCUT2D eigenvalue weighted by Gasteiger charge is 2.02. The Morgan fingerprint density at radius 2 is 1.12 bits per heavy atom. The SMILES string of the molecule is CCCCCC(C)n1ccnc1.CCCCCC(C)n1ccnc1.O. The van der Waals surface area contributed by atoms with Gasteiger partial charge in [0.15, 0.2) is 0 Å². The molecule has 0 aromatic carbocycles. The summed E-state index contributed by atoms with van der Waals surface area (Å²) in [6.07, 6.45) is 22.1. The molecule has 2 unspecified atom stereocenters. The van der Waals surface area contributed by atoms with E-state index in [1.807, 2.05) is 37.4 Å². The number of imidazole rings is 2. The number of aromatic nitrogens is 4. The van der Waals surface area contributed by atoms with Crippen LogP contribution in [-0.4, -0.2) is 24.6 Å². The molecule has 0 aliphatic rings. The van der Waals surface area contributed by atoms with Gasteiger partial charge < -0.3 is 14.6 Å². The first-order valence-corrected chi connectivity index (χ1v) is 9.63. The first-order chi connectivity index (χ1) is 11.7. The van der Waals surface area contributed by atoms with Crippen LogP contribution in [0.5, 0.6) is 0 Å². The maximum absolute atomic E-state index is 4.03. The second kappa shape index (κ2) is 14.7. The summed E-state index contributed by atoms with van der Waals surface area (Å²) in [5, 5.41) is 0. The molecule has 2 heterocycles. The molecule has 0 aliphatic heterocycles. The number of hydrogen-bond acceptors (Lipinski definition) is 2. The number of nitrogens with zero attached hydrogens (tertiary/aromatic N) is 4. The van der Waals surface area contributed by atoms with Crippen molar-refractivity contribution >= 4 is 0 Å². The second-order valence-corrected chi connectivity index (χ2v) is 6.71. The third-order valence-corrected chi connectivity index (χ3v) is 4.52. The monoisotopic (exact) mass is 350 g/mol. The second-order valence-electron chi connectivity index (χ2n) is 6.71. The molecule has 2 rings (SSSR count). The van der Waals surface area contributed by atoms with Crippen molar-refractivity contribution in [2.24, 2.45) is 0 Å². The Labute approximate surface area is 153 Å². The Morgan fingerprint density at radius 3 is 1.40 bits per heavy atom. The zero-order valence-electron chi connectivity index (χ0n) is 16.6. The summed E-state index contributed by atoms with van der Waals surface area (Å²) in [6.45, 7) is 8.97. The lowest BCUT2D eigenvalue weighted by Crippen LogP contribution is -2.01. The summed E-state index contributed by atoms with van der Waals surface area (Å²) in [4.78, 5) is 8.07. The summed E-state index contributed by atoms with van der Waals surface area (Å²) in [7, 11) is 0. The Hall–Kier alpha value is -1.62. The molecular weight excluding hydrogens is 312 g/mol. The zero-order valence-corrected chi connectivity index (χ0v) is 16.6. The third-order valence-electron chi connectivity index (χ3n) is 4.52. The minimum absolute atomic E-state index is 0. The van der Waals surface area contributed by atoms with Crippen LogP contribution in [0.3, 0.4) is 0 Å². The van der Waals surface area contributed by atoms with Gasteiger partial charge in [-0.05, 0) is 26.7 Å². The minimum Gasteiger partial charge on any atom is -0.412 e. The number of hydrogen-bond donors (Lipinski definition) is 0. The van der Waals surface area contributed by atoms with Crippen molar-refractivity contribution < 1.29 is 5.48 Å². The van der Waals surface area contributed by atoms with Gasteiger partial charge in [-0.3, -0.25) is 0 Å². The van der Waals surface area contributed by atoms with Crippen molar-refractivity contribution in [1.29, 1.82) is 0 Å². The van der Waals surface area contributed by atoms with E-state index in [4.69, 9.17) is 0 Å². The van der Waals surface area contributed by atoms with E-state index in [0.717, 1.165) is 0 Å². The molecule has 25 heavy (non-hydrogen) atoms. The van der Waals surface area contributed by atoms with E-state index in [1.165, 1.54) is 51.4 Å². The Balaban J connectivity index is 0.000000443. The van der Waals surface area contributed by atoms with E-state index < -0.39 is 0 Å². The lowest BCUT2D eigenvalue weighted by atomic mass is 10.1. The van der Waals surface area contributed by atoms with E-state index in [-0.39, 0.29) is 5.48 Å². The fourth-order valence-corrected chi connectivity index (χ4v) is 2.74. The smallest absolute Gasteiger partial charge is 0.0948 e. The summed E-state index contributed by atoms with van der Waals surface area (Å²) >= 11 is 0. The van der Waals surface area contributed by atoms with Crippen LogP contribution in [0.1, 0.15) is 91.1 Å². The topological polar surface area (TPSA) is 67.1 Å². The summed E-state index contributed by atoms with van der Waals surface area (Å²) < 4.78 is 4.35. The molecule has 144 valence electrons. The van der Waals surface area contributed by atoms with E-state index in [2.05, 4.69) is 46.8 Å². The largest absolute Gasteiger partial charge is 0.412 e. The van der Waals surface area contributed by atoms with Crippen LogP contribution >= 0.6 is 0 Å². The Kier molecular flexibility index (Phi) is 13.7. The van der Waals surface area contributed by atoms with Gasteiger partial charge in [-0.15, -0.1) is 0 Å². The van der Waals surface area contributed by atoms with Crippen LogP contribution in [0.4, 0.5) is 0 Å². The van der Waals surface area contributed by atoms with Gasteiger partial charge in [0.25, 0.3) is 0 Å². The highest BCUT2D eigenvalue weighted by atomic mass is 16.0. The molecule has 2 atom stereocenters. The van der Waals surface area contributed by atoms with E-state index >= 15 is 0 Å². The van der Waals surface area contributed by atoms with E-state index in [0.29, 0.717) is 12.1 Å². The summed E-state index contributed by atoms with van der Waals surface area (Å²) in [6, 6.07) is 1.22. The Morgan fingerprint density at radius 1 is 0.720 bits per heavy atom. The van der Waals surface area contributed by atoms with Crippen molar-refractivity contribution in [1.82, 2.24) is 19.1 Å². The summed E-state index contributed by atoms with van der Waals surface area (Å²) in [5.41, 5.74) is 0. The molecule has 0 spiro atoms. The number of unbranched alkanes of at least 4 members (excludes halogenated alkanes) is 4. The first-order valence-electron chi connectivity index (χ1n) is 9.63. The van der Waals surface area contributed by atoms with Crippen molar-refractivity contribution in [3.05, 3.63) is 37.4 Å². The van der Waals surface area contributed by atoms with Crippen molar-refractivity contribution in [2.75, 3.05) is 0 Å². The third kappa shape index (κ3) is 10.1. The fourth-order valence-electron chi connectivity index (χ4n) is 2.74. The molecule has 2 aromatic rings. The van der Waals surface area contributed by atoms with E-state index in [1.54, 1.807) is 0 Å². The van der Waals surface area contributed by atoms with E-state index in [9.17, 15) is 0 Å². The van der Waals surface area contributed by atoms with Crippen LogP contribution in [-0.2, 0) is 0 Å². The standard InChI is InChI=1S/2C10H18N2.H2O/c2*1-3-4-5-6-10(2)12-8-7-11-9-12;/h2*7-10H,3-6H2,1-2H3;1H2. The van der Waals surface area contributed by atoms with Gasteiger partial charge in [0.05, 0.1) is 12.7 Å². The first kappa shape index (κ1) is 23.4. The molecule has 2 N–H and O–H groups in total.